The molecule has 2 aromatic carbocycles. The molecular formula is C37H39ClN8O4. The Morgan fingerprint density at radius 1 is 1.06 bits per heavy atom. The largest absolute Gasteiger partial charge is 0.481 e. The van der Waals surface area contributed by atoms with Gasteiger partial charge in [0.1, 0.15) is 11.2 Å². The normalized spacial score (nSPS) is 16.8. The number of anilines is 2. The second-order valence-electron chi connectivity index (χ2n) is 13.0. The zero-order valence-corrected chi connectivity index (χ0v) is 29.4. The molecule has 5 aromatic rings. The van der Waals surface area contributed by atoms with E-state index < -0.39 is 11.2 Å². The Bertz CT molecular complexity index is 2280. The average Bonchev–Trinajstić information content (AvgIpc) is 3.75. The maximum Gasteiger partial charge on any atom is 0.330 e. The molecule has 2 amide bonds. The molecule has 2 aliphatic rings. The zero-order valence-electron chi connectivity index (χ0n) is 28.6. The Hall–Kier alpha value is -5.20. The van der Waals surface area contributed by atoms with Crippen LogP contribution in [0.15, 0.2) is 64.3 Å². The van der Waals surface area contributed by atoms with Crippen LogP contribution in [0.2, 0.25) is 5.02 Å². The van der Waals surface area contributed by atoms with E-state index in [-0.39, 0.29) is 18.1 Å². The van der Waals surface area contributed by atoms with Gasteiger partial charge in [-0.05, 0) is 68.1 Å². The highest BCUT2D eigenvalue weighted by atomic mass is 35.5. The Morgan fingerprint density at radius 3 is 2.58 bits per heavy atom. The molecule has 2 unspecified atom stereocenters. The molecule has 12 nitrogen and oxygen atoms in total. The molecule has 0 saturated carbocycles. The summed E-state index contributed by atoms with van der Waals surface area (Å²) in [5.41, 5.74) is 6.90. The number of aryl methyl sites for hydroxylation is 2. The van der Waals surface area contributed by atoms with Gasteiger partial charge in [0.2, 0.25) is 5.88 Å². The smallest absolute Gasteiger partial charge is 0.330 e. The number of methoxy groups -OCH3 is 1. The van der Waals surface area contributed by atoms with Gasteiger partial charge in [0.25, 0.3) is 5.56 Å². The van der Waals surface area contributed by atoms with E-state index in [0.29, 0.717) is 34.2 Å². The lowest BCUT2D eigenvalue weighted by molar-refractivity contribution is 0.227. The van der Waals surface area contributed by atoms with Crippen LogP contribution in [-0.2, 0) is 20.5 Å². The average molecular weight is 695 g/mol. The summed E-state index contributed by atoms with van der Waals surface area (Å²) < 4.78 is 8.42. The minimum absolute atomic E-state index is 0.106. The third-order valence-corrected chi connectivity index (χ3v) is 10.5. The summed E-state index contributed by atoms with van der Waals surface area (Å²) in [6.45, 7) is 3.47. The molecule has 1 aliphatic heterocycles. The van der Waals surface area contributed by atoms with Crippen molar-refractivity contribution in [3.8, 4) is 28.3 Å². The fourth-order valence-electron chi connectivity index (χ4n) is 7.26. The van der Waals surface area contributed by atoms with Crippen molar-refractivity contribution in [3.05, 3.63) is 97.3 Å². The van der Waals surface area contributed by atoms with Crippen molar-refractivity contribution in [1.29, 1.82) is 0 Å². The monoisotopic (exact) mass is 694 g/mol. The molecule has 0 bridgehead atoms. The third kappa shape index (κ3) is 5.77. The van der Waals surface area contributed by atoms with Crippen molar-refractivity contribution in [2.75, 3.05) is 32.6 Å². The van der Waals surface area contributed by atoms with Crippen molar-refractivity contribution >= 4 is 40.0 Å². The van der Waals surface area contributed by atoms with E-state index in [0.717, 1.165) is 69.6 Å². The molecule has 13 heteroatoms. The van der Waals surface area contributed by atoms with E-state index in [1.54, 1.807) is 26.4 Å². The number of benzene rings is 2. The summed E-state index contributed by atoms with van der Waals surface area (Å²) in [5.74, 6) is 0.956. The van der Waals surface area contributed by atoms with Crippen LogP contribution in [0.3, 0.4) is 0 Å². The predicted octanol–water partition coefficient (Wildman–Crippen LogP) is 5.07. The highest BCUT2D eigenvalue weighted by molar-refractivity contribution is 6.36. The van der Waals surface area contributed by atoms with Gasteiger partial charge in [0.15, 0.2) is 0 Å². The molecule has 3 N–H and O–H groups in total. The van der Waals surface area contributed by atoms with Crippen LogP contribution in [-0.4, -0.2) is 63.3 Å². The van der Waals surface area contributed by atoms with Crippen LogP contribution in [0.4, 0.5) is 16.3 Å². The molecule has 50 heavy (non-hydrogen) atoms. The first-order chi connectivity index (χ1) is 24.1. The number of halogens is 1. The van der Waals surface area contributed by atoms with E-state index in [9.17, 15) is 14.4 Å². The van der Waals surface area contributed by atoms with Crippen LogP contribution >= 0.6 is 11.6 Å². The number of aromatic nitrogens is 4. The van der Waals surface area contributed by atoms with Gasteiger partial charge in [-0.3, -0.25) is 18.8 Å². The van der Waals surface area contributed by atoms with E-state index in [1.807, 2.05) is 43.3 Å². The SMILES string of the molecule is COc1nc(-c2cccc(-c3cccc(Nc4nccc5c4c(=O)n(C)c(=O)n5C)c3C)c2Cl)cc2c1C(N(C)CCC1CNC(=O)N1)CC2. The topological polar surface area (TPSA) is 135 Å². The summed E-state index contributed by atoms with van der Waals surface area (Å²) in [4.78, 5) is 49.1. The zero-order chi connectivity index (χ0) is 35.3. The molecule has 0 spiro atoms. The Labute approximate surface area is 294 Å². The van der Waals surface area contributed by atoms with Crippen molar-refractivity contribution in [2.45, 2.75) is 38.3 Å². The van der Waals surface area contributed by atoms with Crippen LogP contribution in [0.5, 0.6) is 5.88 Å². The summed E-state index contributed by atoms with van der Waals surface area (Å²) in [7, 11) is 6.86. The fraction of sp³-hybridized carbons (Fsp3) is 0.324. The first-order valence-electron chi connectivity index (χ1n) is 16.6. The number of hydrogen-bond donors (Lipinski definition) is 3. The number of hydrogen-bond acceptors (Lipinski definition) is 8. The first-order valence-corrected chi connectivity index (χ1v) is 17.0. The van der Waals surface area contributed by atoms with E-state index in [1.165, 1.54) is 17.2 Å². The van der Waals surface area contributed by atoms with Crippen molar-refractivity contribution in [1.82, 2.24) is 34.6 Å². The molecule has 1 fully saturated rings. The Balaban J connectivity index is 1.20. The van der Waals surface area contributed by atoms with Crippen LogP contribution in [0.25, 0.3) is 33.3 Å². The number of urea groups is 1. The van der Waals surface area contributed by atoms with Gasteiger partial charge in [-0.2, -0.15) is 0 Å². The molecule has 1 aliphatic carbocycles. The minimum atomic E-state index is -0.421. The number of carbonyl (C=O) groups is 1. The lowest BCUT2D eigenvalue weighted by atomic mass is 9.96. The number of ether oxygens (including phenoxy) is 1. The number of fused-ring (bicyclic) bond motifs is 2. The quantitative estimate of drug-likeness (QED) is 0.195. The van der Waals surface area contributed by atoms with Crippen LogP contribution in [0.1, 0.15) is 35.6 Å². The van der Waals surface area contributed by atoms with Gasteiger partial charge < -0.3 is 20.7 Å². The second kappa shape index (κ2) is 13.3. The first kappa shape index (κ1) is 33.3. The lowest BCUT2D eigenvalue weighted by Crippen LogP contribution is -2.37. The van der Waals surface area contributed by atoms with Crippen LogP contribution < -0.4 is 31.9 Å². The maximum absolute atomic E-state index is 13.2. The highest BCUT2D eigenvalue weighted by Crippen LogP contribution is 2.44. The number of carbonyl (C=O) groups excluding carboxylic acids is 1. The number of nitrogens with one attached hydrogen (secondary N) is 3. The van der Waals surface area contributed by atoms with Crippen molar-refractivity contribution in [2.24, 2.45) is 14.1 Å². The van der Waals surface area contributed by atoms with E-state index >= 15 is 0 Å². The summed E-state index contributed by atoms with van der Waals surface area (Å²) >= 11 is 7.22. The number of nitrogens with zero attached hydrogens (tertiary/aromatic N) is 5. The molecule has 0 radical (unpaired) electrons. The van der Waals surface area contributed by atoms with E-state index in [4.69, 9.17) is 21.3 Å². The van der Waals surface area contributed by atoms with Gasteiger partial charge in [0, 0.05) is 67.8 Å². The number of rotatable bonds is 9. The van der Waals surface area contributed by atoms with Gasteiger partial charge in [-0.1, -0.05) is 41.9 Å². The number of amides is 2. The molecule has 3 aromatic heterocycles. The van der Waals surface area contributed by atoms with Gasteiger partial charge in [0.05, 0.1) is 23.3 Å². The molecular weight excluding hydrogens is 656 g/mol. The lowest BCUT2D eigenvalue weighted by Gasteiger charge is -2.27. The molecule has 7 rings (SSSR count). The van der Waals surface area contributed by atoms with Crippen molar-refractivity contribution < 1.29 is 9.53 Å². The summed E-state index contributed by atoms with van der Waals surface area (Å²) in [6, 6.07) is 15.8. The van der Waals surface area contributed by atoms with Gasteiger partial charge >= 0.3 is 11.7 Å². The third-order valence-electron chi connectivity index (χ3n) is 10.1. The summed E-state index contributed by atoms with van der Waals surface area (Å²) in [6.07, 6.45) is 4.27. The van der Waals surface area contributed by atoms with Gasteiger partial charge in [-0.25, -0.2) is 19.6 Å². The molecule has 2 atom stereocenters. The number of pyridine rings is 2. The molecule has 4 heterocycles. The maximum atomic E-state index is 13.2. The minimum Gasteiger partial charge on any atom is -0.481 e. The van der Waals surface area contributed by atoms with Crippen molar-refractivity contribution in [3.63, 3.8) is 0 Å². The Kier molecular flexibility index (Phi) is 8.83. The fourth-order valence-corrected chi connectivity index (χ4v) is 7.58. The second-order valence-corrected chi connectivity index (χ2v) is 13.4. The Morgan fingerprint density at radius 2 is 1.82 bits per heavy atom. The highest BCUT2D eigenvalue weighted by Gasteiger charge is 2.32. The van der Waals surface area contributed by atoms with E-state index in [2.05, 4.69) is 38.9 Å². The summed E-state index contributed by atoms with van der Waals surface area (Å²) in [5, 5.41) is 10.0. The van der Waals surface area contributed by atoms with Gasteiger partial charge in [-0.15, -0.1) is 0 Å². The molecule has 1 saturated heterocycles. The van der Waals surface area contributed by atoms with Crippen LogP contribution in [0, 0.1) is 6.92 Å². The molecule has 258 valence electrons. The predicted molar refractivity (Wildman–Crippen MR) is 196 cm³/mol. The standard InChI is InChI=1S/C37H39ClN8O4/c1-20-23(8-7-11-26(20)42-33-31-29(14-16-39-33)45(3)37(49)46(4)35(31)47)24-9-6-10-25(32(24)38)27-18-21-12-13-28(30(21)34(43-27)50-5)44(2)17-15-22-19-40-36(48)41-22/h6-11,14,16,18,22,28H,12-13,15,17,19H2,1-5H3,(H,39,42)(H2,40,41,48).